The third-order valence-electron chi connectivity index (χ3n) is 2.22. The van der Waals surface area contributed by atoms with E-state index in [2.05, 4.69) is 36.4 Å². The Bertz CT molecular complexity index is 302. The number of pyridine rings is 1. The van der Waals surface area contributed by atoms with Gasteiger partial charge in [0, 0.05) is 31.5 Å². The monoisotopic (exact) mass is 207 g/mol. The third-order valence-corrected chi connectivity index (χ3v) is 2.22. The van der Waals surface area contributed by atoms with Gasteiger partial charge in [-0.05, 0) is 17.9 Å². The van der Waals surface area contributed by atoms with Crippen LogP contribution in [-0.2, 0) is 0 Å². The Balaban J connectivity index is 2.44. The average Bonchev–Trinajstić information content (AvgIpc) is 2.16. The number of rotatable bonds is 4. The summed E-state index contributed by atoms with van der Waals surface area (Å²) in [6, 6.07) is 4.01. The fourth-order valence-electron chi connectivity index (χ4n) is 1.26. The first-order valence-electron chi connectivity index (χ1n) is 5.39. The van der Waals surface area contributed by atoms with Gasteiger partial charge in [0.2, 0.25) is 0 Å². The number of anilines is 2. The van der Waals surface area contributed by atoms with Crippen molar-refractivity contribution in [2.75, 3.05) is 24.2 Å². The summed E-state index contributed by atoms with van der Waals surface area (Å²) in [6.07, 6.45) is 2.97. The van der Waals surface area contributed by atoms with E-state index in [-0.39, 0.29) is 0 Å². The van der Waals surface area contributed by atoms with Crippen molar-refractivity contribution < 1.29 is 0 Å². The molecule has 0 saturated carbocycles. The van der Waals surface area contributed by atoms with Crippen LogP contribution in [0.3, 0.4) is 0 Å². The van der Waals surface area contributed by atoms with Gasteiger partial charge >= 0.3 is 0 Å². The zero-order chi connectivity index (χ0) is 11.3. The van der Waals surface area contributed by atoms with Gasteiger partial charge in [0.05, 0.1) is 0 Å². The Morgan fingerprint density at radius 1 is 1.33 bits per heavy atom. The predicted octanol–water partition coefficient (Wildman–Crippen LogP) is 2.97. The minimum Gasteiger partial charge on any atom is -0.385 e. The molecule has 0 bridgehead atoms. The van der Waals surface area contributed by atoms with Gasteiger partial charge in [-0.3, -0.25) is 0 Å². The highest BCUT2D eigenvalue weighted by Gasteiger charge is 2.08. The molecule has 0 amide bonds. The van der Waals surface area contributed by atoms with E-state index in [0.717, 1.165) is 24.5 Å². The largest absolute Gasteiger partial charge is 0.385 e. The maximum Gasteiger partial charge on any atom is 0.127 e. The predicted molar refractivity (Wildman–Crippen MR) is 66.3 cm³/mol. The lowest BCUT2D eigenvalue weighted by Gasteiger charge is -2.18. The Labute approximate surface area is 92.3 Å². The van der Waals surface area contributed by atoms with Gasteiger partial charge in [0.25, 0.3) is 0 Å². The van der Waals surface area contributed by atoms with Crippen LogP contribution < -0.4 is 10.6 Å². The van der Waals surface area contributed by atoms with Crippen LogP contribution in [0.5, 0.6) is 0 Å². The van der Waals surface area contributed by atoms with Gasteiger partial charge in [-0.15, -0.1) is 0 Å². The SMILES string of the molecule is CNc1cc(NCCC(C)(C)C)ccn1. The molecule has 15 heavy (non-hydrogen) atoms. The second kappa shape index (κ2) is 5.01. The van der Waals surface area contributed by atoms with Crippen molar-refractivity contribution in [3.63, 3.8) is 0 Å². The number of nitrogens with one attached hydrogen (secondary N) is 2. The van der Waals surface area contributed by atoms with Gasteiger partial charge in [0.1, 0.15) is 5.82 Å². The van der Waals surface area contributed by atoms with Crippen LogP contribution in [0.25, 0.3) is 0 Å². The van der Waals surface area contributed by atoms with Crippen molar-refractivity contribution in [3.8, 4) is 0 Å². The highest BCUT2D eigenvalue weighted by molar-refractivity contribution is 5.51. The van der Waals surface area contributed by atoms with Gasteiger partial charge in [0.15, 0.2) is 0 Å². The summed E-state index contributed by atoms with van der Waals surface area (Å²) in [5.41, 5.74) is 1.50. The van der Waals surface area contributed by atoms with E-state index in [4.69, 9.17) is 0 Å². The molecule has 1 aromatic rings. The summed E-state index contributed by atoms with van der Waals surface area (Å²) in [7, 11) is 1.88. The molecule has 0 atom stereocenters. The first-order valence-corrected chi connectivity index (χ1v) is 5.39. The van der Waals surface area contributed by atoms with Crippen LogP contribution in [0, 0.1) is 5.41 Å². The molecule has 0 saturated heterocycles. The Kier molecular flexibility index (Phi) is 3.95. The molecule has 84 valence electrons. The average molecular weight is 207 g/mol. The zero-order valence-electron chi connectivity index (χ0n) is 10.1. The number of hydrogen-bond acceptors (Lipinski definition) is 3. The highest BCUT2D eigenvalue weighted by Crippen LogP contribution is 2.19. The maximum atomic E-state index is 4.16. The third kappa shape index (κ3) is 4.68. The van der Waals surface area contributed by atoms with Gasteiger partial charge in [-0.1, -0.05) is 20.8 Å². The molecule has 2 N–H and O–H groups in total. The minimum atomic E-state index is 0.381. The van der Waals surface area contributed by atoms with Crippen LogP contribution in [0.1, 0.15) is 27.2 Å². The molecule has 3 heteroatoms. The molecule has 0 aliphatic rings. The molecule has 0 aliphatic carbocycles. The first kappa shape index (κ1) is 11.8. The molecule has 1 rings (SSSR count). The van der Waals surface area contributed by atoms with Crippen molar-refractivity contribution in [2.45, 2.75) is 27.2 Å². The molecule has 0 unspecified atom stereocenters. The van der Waals surface area contributed by atoms with Crippen LogP contribution in [0.2, 0.25) is 0 Å². The van der Waals surface area contributed by atoms with Crippen LogP contribution in [0.4, 0.5) is 11.5 Å². The van der Waals surface area contributed by atoms with Gasteiger partial charge < -0.3 is 10.6 Å². The molecule has 0 aliphatic heterocycles. The van der Waals surface area contributed by atoms with Crippen LogP contribution >= 0.6 is 0 Å². The molecular weight excluding hydrogens is 186 g/mol. The van der Waals surface area contributed by atoms with Crippen LogP contribution in [0.15, 0.2) is 18.3 Å². The summed E-state index contributed by atoms with van der Waals surface area (Å²) in [4.78, 5) is 4.16. The van der Waals surface area contributed by atoms with Crippen molar-refractivity contribution >= 4 is 11.5 Å². The molecule has 1 heterocycles. The summed E-state index contributed by atoms with van der Waals surface area (Å²) >= 11 is 0. The van der Waals surface area contributed by atoms with Gasteiger partial charge in [-0.25, -0.2) is 4.98 Å². The Morgan fingerprint density at radius 2 is 2.07 bits per heavy atom. The minimum absolute atomic E-state index is 0.381. The Hall–Kier alpha value is -1.25. The van der Waals surface area contributed by atoms with E-state index >= 15 is 0 Å². The van der Waals surface area contributed by atoms with Gasteiger partial charge in [-0.2, -0.15) is 0 Å². The summed E-state index contributed by atoms with van der Waals surface area (Å²) in [5, 5.41) is 6.42. The lowest BCUT2D eigenvalue weighted by atomic mass is 9.92. The standard InChI is InChI=1S/C12H21N3/c1-12(2,3)6-8-14-10-5-7-15-11(9-10)13-4/h5,7,9H,6,8H2,1-4H3,(H2,13,14,15). The second-order valence-electron chi connectivity index (χ2n) is 4.92. The fraction of sp³-hybridized carbons (Fsp3) is 0.583. The van der Waals surface area contributed by atoms with Crippen molar-refractivity contribution in [2.24, 2.45) is 5.41 Å². The molecule has 0 fully saturated rings. The van der Waals surface area contributed by atoms with E-state index in [1.165, 1.54) is 0 Å². The molecule has 0 radical (unpaired) electrons. The van der Waals surface area contributed by atoms with E-state index in [1.54, 1.807) is 0 Å². The zero-order valence-corrected chi connectivity index (χ0v) is 10.1. The normalized spacial score (nSPS) is 11.2. The number of hydrogen-bond donors (Lipinski definition) is 2. The number of aromatic nitrogens is 1. The van der Waals surface area contributed by atoms with E-state index in [0.29, 0.717) is 5.41 Å². The molecular formula is C12H21N3. The van der Waals surface area contributed by atoms with E-state index < -0.39 is 0 Å². The van der Waals surface area contributed by atoms with Crippen molar-refractivity contribution in [1.29, 1.82) is 0 Å². The molecule has 0 aromatic carbocycles. The summed E-state index contributed by atoms with van der Waals surface area (Å²) in [6.45, 7) is 7.75. The smallest absolute Gasteiger partial charge is 0.127 e. The topological polar surface area (TPSA) is 37.0 Å². The summed E-state index contributed by atoms with van der Waals surface area (Å²) in [5.74, 6) is 0.899. The lowest BCUT2D eigenvalue weighted by Crippen LogP contribution is -2.12. The first-order chi connectivity index (χ1) is 7.01. The van der Waals surface area contributed by atoms with Crippen molar-refractivity contribution in [1.82, 2.24) is 4.98 Å². The molecule has 1 aromatic heterocycles. The fourth-order valence-corrected chi connectivity index (χ4v) is 1.26. The van der Waals surface area contributed by atoms with E-state index in [1.807, 2.05) is 25.4 Å². The highest BCUT2D eigenvalue weighted by atomic mass is 15.0. The second-order valence-corrected chi connectivity index (χ2v) is 4.92. The molecule has 3 nitrogen and oxygen atoms in total. The van der Waals surface area contributed by atoms with E-state index in [9.17, 15) is 0 Å². The maximum absolute atomic E-state index is 4.16. The van der Waals surface area contributed by atoms with Crippen LogP contribution in [-0.4, -0.2) is 18.6 Å². The van der Waals surface area contributed by atoms with Crippen molar-refractivity contribution in [3.05, 3.63) is 18.3 Å². The summed E-state index contributed by atoms with van der Waals surface area (Å²) < 4.78 is 0. The lowest BCUT2D eigenvalue weighted by molar-refractivity contribution is 0.390. The Morgan fingerprint density at radius 3 is 2.67 bits per heavy atom. The molecule has 0 spiro atoms. The number of nitrogens with zero attached hydrogens (tertiary/aromatic N) is 1. The quantitative estimate of drug-likeness (QED) is 0.797.